The van der Waals surface area contributed by atoms with Crippen molar-refractivity contribution < 1.29 is 4.79 Å². The largest absolute Gasteiger partial charge is 0.324 e. The Morgan fingerprint density at radius 1 is 1.29 bits per heavy atom. The third kappa shape index (κ3) is 1.65. The molecule has 0 heterocycles. The van der Waals surface area contributed by atoms with Gasteiger partial charge in [-0.2, -0.15) is 0 Å². The number of rotatable bonds is 1. The maximum Gasteiger partial charge on any atom is 0.160 e. The van der Waals surface area contributed by atoms with Crippen molar-refractivity contribution in [1.82, 2.24) is 0 Å². The second-order valence-corrected chi connectivity index (χ2v) is 4.41. The van der Waals surface area contributed by atoms with Gasteiger partial charge in [-0.05, 0) is 35.2 Å². The van der Waals surface area contributed by atoms with Crippen LogP contribution in [-0.4, -0.2) is 5.78 Å². The lowest BCUT2D eigenvalue weighted by Gasteiger charge is -2.06. The lowest BCUT2D eigenvalue weighted by atomic mass is 9.98. The fraction of sp³-hybridized carbons (Fsp3) is 0.214. The molecule has 2 nitrogen and oxygen atoms in total. The van der Waals surface area contributed by atoms with E-state index in [2.05, 4.69) is 6.07 Å². The first-order valence-electron chi connectivity index (χ1n) is 5.49. The van der Waals surface area contributed by atoms with Crippen molar-refractivity contribution in [2.75, 3.05) is 0 Å². The van der Waals surface area contributed by atoms with E-state index in [0.29, 0.717) is 0 Å². The number of hydrogen-bond donors (Lipinski definition) is 1. The Balaban J connectivity index is 0.00000108. The van der Waals surface area contributed by atoms with Crippen molar-refractivity contribution in [3.05, 3.63) is 47.0 Å². The van der Waals surface area contributed by atoms with Gasteiger partial charge in [-0.15, -0.1) is 12.4 Å². The molecule has 88 valence electrons. The van der Waals surface area contributed by atoms with Gasteiger partial charge in [0.25, 0.3) is 0 Å². The average molecular weight is 248 g/mol. The third-order valence-electron chi connectivity index (χ3n) is 3.38. The van der Waals surface area contributed by atoms with Crippen molar-refractivity contribution in [3.8, 4) is 0 Å². The summed E-state index contributed by atoms with van der Waals surface area (Å²) in [6.45, 7) is 1.61. The molecule has 0 radical (unpaired) electrons. The summed E-state index contributed by atoms with van der Waals surface area (Å²) in [6, 6.07) is 10.1. The maximum absolute atomic E-state index is 11.6. The minimum absolute atomic E-state index is 0. The van der Waals surface area contributed by atoms with Gasteiger partial charge in [0.05, 0.1) is 0 Å². The standard InChI is InChI=1S/C14H13NO.ClH/c1-8(16)10-6-5-9-7-13(15)12-4-2-3-11(10)14(9)12;/h2-6,13H,7,15H2,1H3;1H. The molecule has 0 aromatic heterocycles. The fourth-order valence-corrected chi connectivity index (χ4v) is 2.64. The van der Waals surface area contributed by atoms with Crippen LogP contribution in [0.2, 0.25) is 0 Å². The lowest BCUT2D eigenvalue weighted by molar-refractivity contribution is 0.101. The molecule has 0 bridgehead atoms. The van der Waals surface area contributed by atoms with Crippen molar-refractivity contribution in [2.45, 2.75) is 19.4 Å². The van der Waals surface area contributed by atoms with Crippen LogP contribution in [0.4, 0.5) is 0 Å². The van der Waals surface area contributed by atoms with Crippen LogP contribution in [0.15, 0.2) is 30.3 Å². The van der Waals surface area contributed by atoms with Crippen LogP contribution in [0.25, 0.3) is 10.8 Å². The van der Waals surface area contributed by atoms with Crippen LogP contribution < -0.4 is 5.73 Å². The summed E-state index contributed by atoms with van der Waals surface area (Å²) < 4.78 is 0. The van der Waals surface area contributed by atoms with E-state index in [-0.39, 0.29) is 24.2 Å². The third-order valence-corrected chi connectivity index (χ3v) is 3.38. The Labute approximate surface area is 106 Å². The molecule has 3 heteroatoms. The Morgan fingerprint density at radius 2 is 2.06 bits per heavy atom. The molecule has 1 aliphatic carbocycles. The quantitative estimate of drug-likeness (QED) is 0.788. The molecule has 1 aliphatic rings. The van der Waals surface area contributed by atoms with Gasteiger partial charge in [0.1, 0.15) is 0 Å². The smallest absolute Gasteiger partial charge is 0.160 e. The van der Waals surface area contributed by atoms with Crippen LogP contribution in [0, 0.1) is 0 Å². The van der Waals surface area contributed by atoms with Crippen molar-refractivity contribution in [1.29, 1.82) is 0 Å². The zero-order valence-electron chi connectivity index (χ0n) is 9.57. The average Bonchev–Trinajstić information content (AvgIpc) is 2.58. The lowest BCUT2D eigenvalue weighted by Crippen LogP contribution is -2.07. The van der Waals surface area contributed by atoms with Gasteiger partial charge in [-0.3, -0.25) is 4.79 Å². The predicted molar refractivity (Wildman–Crippen MR) is 71.8 cm³/mol. The van der Waals surface area contributed by atoms with Gasteiger partial charge in [0, 0.05) is 11.6 Å². The highest BCUT2D eigenvalue weighted by Crippen LogP contribution is 2.37. The van der Waals surface area contributed by atoms with E-state index in [9.17, 15) is 4.79 Å². The van der Waals surface area contributed by atoms with Crippen LogP contribution in [0.1, 0.15) is 34.5 Å². The first-order chi connectivity index (χ1) is 7.68. The molecule has 2 aromatic carbocycles. The number of nitrogens with two attached hydrogens (primary N) is 1. The van der Waals surface area contributed by atoms with E-state index >= 15 is 0 Å². The van der Waals surface area contributed by atoms with E-state index in [1.165, 1.54) is 16.5 Å². The summed E-state index contributed by atoms with van der Waals surface area (Å²) in [4.78, 5) is 11.6. The summed E-state index contributed by atoms with van der Waals surface area (Å²) in [5.41, 5.74) is 9.33. The van der Waals surface area contributed by atoms with Crippen molar-refractivity contribution in [2.24, 2.45) is 5.73 Å². The molecule has 0 amide bonds. The van der Waals surface area contributed by atoms with Crippen molar-refractivity contribution in [3.63, 3.8) is 0 Å². The van der Waals surface area contributed by atoms with Crippen LogP contribution in [-0.2, 0) is 6.42 Å². The van der Waals surface area contributed by atoms with Gasteiger partial charge in [-0.1, -0.05) is 30.3 Å². The summed E-state index contributed by atoms with van der Waals surface area (Å²) in [5.74, 6) is 0.115. The summed E-state index contributed by atoms with van der Waals surface area (Å²) >= 11 is 0. The molecular formula is C14H14ClNO. The summed E-state index contributed by atoms with van der Waals surface area (Å²) in [5, 5.41) is 2.25. The van der Waals surface area contributed by atoms with Gasteiger partial charge in [0.2, 0.25) is 0 Å². The second kappa shape index (κ2) is 4.13. The normalized spacial score (nSPS) is 16.9. The molecule has 2 aromatic rings. The fourth-order valence-electron chi connectivity index (χ4n) is 2.64. The molecule has 0 saturated carbocycles. The highest BCUT2D eigenvalue weighted by Gasteiger charge is 2.22. The predicted octanol–water partition coefficient (Wildman–Crippen LogP) is 3.02. The topological polar surface area (TPSA) is 43.1 Å². The van der Waals surface area contributed by atoms with E-state index < -0.39 is 0 Å². The summed E-state index contributed by atoms with van der Waals surface area (Å²) in [6.07, 6.45) is 0.883. The van der Waals surface area contributed by atoms with E-state index in [0.717, 1.165) is 17.4 Å². The van der Waals surface area contributed by atoms with Crippen LogP contribution >= 0.6 is 12.4 Å². The number of benzene rings is 2. The number of ketones is 1. The second-order valence-electron chi connectivity index (χ2n) is 4.41. The zero-order chi connectivity index (χ0) is 11.3. The molecule has 0 fully saturated rings. The van der Waals surface area contributed by atoms with Crippen LogP contribution in [0.5, 0.6) is 0 Å². The number of hydrogen-bond acceptors (Lipinski definition) is 2. The molecule has 0 spiro atoms. The highest BCUT2D eigenvalue weighted by atomic mass is 35.5. The number of halogens is 1. The van der Waals surface area contributed by atoms with E-state index in [1.807, 2.05) is 24.3 Å². The first kappa shape index (κ1) is 12.1. The number of carbonyl (C=O) groups excluding carboxylic acids is 1. The van der Waals surface area contributed by atoms with E-state index in [1.54, 1.807) is 6.92 Å². The van der Waals surface area contributed by atoms with Gasteiger partial charge < -0.3 is 5.73 Å². The van der Waals surface area contributed by atoms with Gasteiger partial charge in [-0.25, -0.2) is 0 Å². The molecule has 3 rings (SSSR count). The van der Waals surface area contributed by atoms with Gasteiger partial charge in [0.15, 0.2) is 5.78 Å². The van der Waals surface area contributed by atoms with E-state index in [4.69, 9.17) is 5.73 Å². The molecule has 2 N–H and O–H groups in total. The minimum atomic E-state index is 0. The molecule has 0 saturated heterocycles. The Hall–Kier alpha value is -1.38. The number of carbonyl (C=O) groups is 1. The highest BCUT2D eigenvalue weighted by molar-refractivity contribution is 6.09. The molecule has 1 atom stereocenters. The van der Waals surface area contributed by atoms with Gasteiger partial charge >= 0.3 is 0 Å². The Morgan fingerprint density at radius 3 is 2.76 bits per heavy atom. The first-order valence-corrected chi connectivity index (χ1v) is 5.49. The molecule has 0 aliphatic heterocycles. The monoisotopic (exact) mass is 247 g/mol. The molecular weight excluding hydrogens is 234 g/mol. The molecule has 1 unspecified atom stereocenters. The Bertz CT molecular complexity index is 606. The van der Waals surface area contributed by atoms with Crippen LogP contribution in [0.3, 0.4) is 0 Å². The zero-order valence-corrected chi connectivity index (χ0v) is 10.4. The Kier molecular flexibility index (Phi) is 2.94. The van der Waals surface area contributed by atoms with Crippen molar-refractivity contribution >= 4 is 29.0 Å². The number of Topliss-reactive ketones (excluding diaryl/α,β-unsaturated/α-hetero) is 1. The minimum Gasteiger partial charge on any atom is -0.324 e. The molecule has 17 heavy (non-hydrogen) atoms. The summed E-state index contributed by atoms with van der Waals surface area (Å²) in [7, 11) is 0. The SMILES string of the molecule is CC(=O)c1ccc2c3c(cccc13)C(N)C2.Cl. The maximum atomic E-state index is 11.6.